The zero-order chi connectivity index (χ0) is 20.9. The van der Waals surface area contributed by atoms with E-state index in [0.717, 1.165) is 54.2 Å². The molecule has 1 aliphatic carbocycles. The molecular formula is C22H21N7O2. The molecule has 0 radical (unpaired) electrons. The van der Waals surface area contributed by atoms with Crippen molar-refractivity contribution in [1.82, 2.24) is 29.5 Å². The number of hydrogen-bond donors (Lipinski definition) is 1. The Morgan fingerprint density at radius 2 is 2.13 bits per heavy atom. The third kappa shape index (κ3) is 2.96. The van der Waals surface area contributed by atoms with Gasteiger partial charge in [0.1, 0.15) is 28.8 Å². The van der Waals surface area contributed by atoms with Crippen molar-refractivity contribution in [3.8, 4) is 5.75 Å². The van der Waals surface area contributed by atoms with Gasteiger partial charge < -0.3 is 14.6 Å². The molecule has 6 rings (SSSR count). The molecule has 9 nitrogen and oxygen atoms in total. The molecule has 4 aromatic heterocycles. The first-order valence-corrected chi connectivity index (χ1v) is 10.4. The van der Waals surface area contributed by atoms with E-state index in [1.165, 1.54) is 0 Å². The summed E-state index contributed by atoms with van der Waals surface area (Å²) in [5.41, 5.74) is 4.20. The average Bonchev–Trinajstić information content (AvgIpc) is 3.38. The Morgan fingerprint density at radius 1 is 1.23 bits per heavy atom. The van der Waals surface area contributed by atoms with Crippen LogP contribution in [-0.2, 0) is 6.42 Å². The van der Waals surface area contributed by atoms with Crippen molar-refractivity contribution in [3.63, 3.8) is 0 Å². The predicted molar refractivity (Wildman–Crippen MR) is 112 cm³/mol. The Balaban J connectivity index is 1.42. The van der Waals surface area contributed by atoms with E-state index in [1.54, 1.807) is 25.8 Å². The van der Waals surface area contributed by atoms with Gasteiger partial charge in [-0.25, -0.2) is 19.5 Å². The van der Waals surface area contributed by atoms with E-state index in [2.05, 4.69) is 24.8 Å². The molecule has 31 heavy (non-hydrogen) atoms. The number of pyridine rings is 1. The molecule has 1 aliphatic heterocycles. The minimum absolute atomic E-state index is 0.0938. The Labute approximate surface area is 178 Å². The summed E-state index contributed by atoms with van der Waals surface area (Å²) in [5, 5.41) is 4.82. The molecule has 5 heterocycles. The van der Waals surface area contributed by atoms with E-state index in [0.29, 0.717) is 11.5 Å². The Kier molecular flexibility index (Phi) is 4.02. The van der Waals surface area contributed by atoms with Gasteiger partial charge in [0.25, 0.3) is 0 Å². The number of imidazole rings is 1. The van der Waals surface area contributed by atoms with Crippen LogP contribution in [0.15, 0.2) is 43.1 Å². The maximum Gasteiger partial charge on any atom is 0.185 e. The molecule has 0 unspecified atom stereocenters. The number of carbonyl (C=O) groups excluding carboxylic acids is 1. The van der Waals surface area contributed by atoms with Crippen LogP contribution in [0, 0.1) is 5.92 Å². The van der Waals surface area contributed by atoms with Crippen molar-refractivity contribution >= 4 is 17.1 Å². The lowest BCUT2D eigenvalue weighted by Gasteiger charge is -2.34. The molecule has 1 N–H and O–H groups in total. The summed E-state index contributed by atoms with van der Waals surface area (Å²) in [4.78, 5) is 31.3. The van der Waals surface area contributed by atoms with Gasteiger partial charge in [0, 0.05) is 30.8 Å². The molecule has 1 saturated carbocycles. The lowest BCUT2D eigenvalue weighted by atomic mass is 10.00. The zero-order valence-corrected chi connectivity index (χ0v) is 17.0. The van der Waals surface area contributed by atoms with E-state index in [1.807, 2.05) is 28.9 Å². The van der Waals surface area contributed by atoms with Crippen LogP contribution in [0.1, 0.15) is 46.5 Å². The third-order valence-corrected chi connectivity index (χ3v) is 6.04. The molecule has 4 aromatic rings. The number of anilines is 1. The molecular weight excluding hydrogens is 394 g/mol. The smallest absolute Gasteiger partial charge is 0.185 e. The Morgan fingerprint density at radius 3 is 2.90 bits per heavy atom. The van der Waals surface area contributed by atoms with Gasteiger partial charge in [-0.1, -0.05) is 0 Å². The number of H-pyrrole nitrogens is 1. The summed E-state index contributed by atoms with van der Waals surface area (Å²) in [6.07, 6.45) is 9.63. The van der Waals surface area contributed by atoms with E-state index in [-0.39, 0.29) is 17.7 Å². The molecule has 9 heteroatoms. The van der Waals surface area contributed by atoms with Crippen LogP contribution in [0.2, 0.25) is 0 Å². The van der Waals surface area contributed by atoms with Crippen LogP contribution < -0.4 is 9.64 Å². The molecule has 156 valence electrons. The number of Topliss-reactive ketones (excluding diaryl/α,β-unsaturated/α-hetero) is 1. The van der Waals surface area contributed by atoms with Crippen molar-refractivity contribution in [2.24, 2.45) is 5.92 Å². The molecule has 0 bridgehead atoms. The number of nitrogens with zero attached hydrogens (tertiary/aromatic N) is 6. The van der Waals surface area contributed by atoms with Crippen molar-refractivity contribution in [2.45, 2.75) is 25.3 Å². The lowest BCUT2D eigenvalue weighted by Crippen LogP contribution is -2.37. The first-order chi connectivity index (χ1) is 15.2. The molecule has 0 amide bonds. The molecule has 0 spiro atoms. The highest BCUT2D eigenvalue weighted by Crippen LogP contribution is 2.37. The fourth-order valence-corrected chi connectivity index (χ4v) is 4.29. The standard InChI is InChI=1S/C22H21N7O2/c1-31-18-3-2-7-29-17(18)9-15(27-29)21-20-14(25-12-26-20)6-8-28(21)19-11-23-16(10-24-19)22(30)13-4-5-13/h2-3,7,9-13,21H,4-6,8H2,1H3,(H,25,26)/t21-/m1/s1. The van der Waals surface area contributed by atoms with E-state index in [9.17, 15) is 4.79 Å². The number of hydrogen-bond acceptors (Lipinski definition) is 7. The second-order valence-electron chi connectivity index (χ2n) is 7.99. The highest BCUT2D eigenvalue weighted by Gasteiger charge is 2.35. The number of aromatic amines is 1. The summed E-state index contributed by atoms with van der Waals surface area (Å²) in [7, 11) is 1.65. The monoisotopic (exact) mass is 415 g/mol. The van der Waals surface area contributed by atoms with E-state index >= 15 is 0 Å². The van der Waals surface area contributed by atoms with Gasteiger partial charge in [-0.3, -0.25) is 4.79 Å². The highest BCUT2D eigenvalue weighted by atomic mass is 16.5. The molecule has 0 saturated heterocycles. The van der Waals surface area contributed by atoms with Gasteiger partial charge in [-0.05, 0) is 31.0 Å². The second-order valence-corrected chi connectivity index (χ2v) is 7.99. The van der Waals surface area contributed by atoms with Crippen LogP contribution in [0.5, 0.6) is 5.75 Å². The Hall–Kier alpha value is -3.75. The topological polar surface area (TPSA) is 101 Å². The molecule has 1 atom stereocenters. The maximum absolute atomic E-state index is 12.3. The summed E-state index contributed by atoms with van der Waals surface area (Å²) in [6, 6.07) is 5.63. The first-order valence-electron chi connectivity index (χ1n) is 10.4. The van der Waals surface area contributed by atoms with Gasteiger partial charge in [-0.2, -0.15) is 5.10 Å². The van der Waals surface area contributed by atoms with Gasteiger partial charge in [0.2, 0.25) is 0 Å². The quantitative estimate of drug-likeness (QED) is 0.500. The lowest BCUT2D eigenvalue weighted by molar-refractivity contribution is 0.0962. The van der Waals surface area contributed by atoms with E-state index < -0.39 is 0 Å². The third-order valence-electron chi connectivity index (χ3n) is 6.04. The van der Waals surface area contributed by atoms with Crippen molar-refractivity contribution < 1.29 is 9.53 Å². The minimum atomic E-state index is -0.223. The number of ketones is 1. The minimum Gasteiger partial charge on any atom is -0.494 e. The molecule has 1 fully saturated rings. The number of methoxy groups -OCH3 is 1. The summed E-state index contributed by atoms with van der Waals surface area (Å²) >= 11 is 0. The summed E-state index contributed by atoms with van der Waals surface area (Å²) in [5.74, 6) is 1.68. The number of rotatable bonds is 5. The number of nitrogens with one attached hydrogen (secondary N) is 1. The summed E-state index contributed by atoms with van der Waals surface area (Å²) < 4.78 is 7.32. The normalized spacial score (nSPS) is 18.2. The van der Waals surface area contributed by atoms with Crippen LogP contribution in [0.25, 0.3) is 5.52 Å². The van der Waals surface area contributed by atoms with Crippen molar-refractivity contribution in [2.75, 3.05) is 18.6 Å². The second kappa shape index (κ2) is 6.90. The molecule has 2 aliphatic rings. The number of ether oxygens (including phenoxy) is 1. The maximum atomic E-state index is 12.3. The van der Waals surface area contributed by atoms with Crippen LogP contribution in [0.4, 0.5) is 5.82 Å². The van der Waals surface area contributed by atoms with Crippen molar-refractivity contribution in [1.29, 1.82) is 0 Å². The number of fused-ring (bicyclic) bond motifs is 2. The highest BCUT2D eigenvalue weighted by molar-refractivity contribution is 5.97. The first kappa shape index (κ1) is 18.1. The van der Waals surface area contributed by atoms with Gasteiger partial charge in [0.15, 0.2) is 5.78 Å². The molecule has 0 aromatic carbocycles. The largest absolute Gasteiger partial charge is 0.494 e. The summed E-state index contributed by atoms with van der Waals surface area (Å²) in [6.45, 7) is 0.732. The van der Waals surface area contributed by atoms with E-state index in [4.69, 9.17) is 9.84 Å². The van der Waals surface area contributed by atoms with Gasteiger partial charge in [-0.15, -0.1) is 0 Å². The fourth-order valence-electron chi connectivity index (χ4n) is 4.29. The fraction of sp³-hybridized carbons (Fsp3) is 0.318. The Bertz CT molecular complexity index is 1270. The van der Waals surface area contributed by atoms with Crippen LogP contribution in [0.3, 0.4) is 0 Å². The zero-order valence-electron chi connectivity index (χ0n) is 17.0. The van der Waals surface area contributed by atoms with Crippen LogP contribution in [-0.4, -0.2) is 49.0 Å². The van der Waals surface area contributed by atoms with Gasteiger partial charge >= 0.3 is 0 Å². The predicted octanol–water partition coefficient (Wildman–Crippen LogP) is 2.60. The van der Waals surface area contributed by atoms with Crippen LogP contribution >= 0.6 is 0 Å². The average molecular weight is 415 g/mol. The SMILES string of the molecule is COc1cccn2nc([C@@H]3c4nc[nH]c4CCN3c3cnc(C(=O)C4CC4)cn3)cc12. The number of aromatic nitrogens is 6. The van der Waals surface area contributed by atoms with Gasteiger partial charge in [0.05, 0.1) is 37.2 Å². The number of carbonyl (C=O) groups is 1. The van der Waals surface area contributed by atoms with Crippen molar-refractivity contribution in [3.05, 3.63) is 65.9 Å².